The second-order valence-corrected chi connectivity index (χ2v) is 5.35. The number of hydrogen-bond donors (Lipinski definition) is 3. The Labute approximate surface area is 143 Å². The molecule has 4 N–H and O–H groups in total. The molecule has 1 fully saturated rings. The van der Waals surface area contributed by atoms with Gasteiger partial charge in [0.1, 0.15) is 0 Å². The Morgan fingerprint density at radius 1 is 1.43 bits per heavy atom. The van der Waals surface area contributed by atoms with Crippen molar-refractivity contribution in [3.05, 3.63) is 29.8 Å². The van der Waals surface area contributed by atoms with E-state index in [1.54, 1.807) is 0 Å². The van der Waals surface area contributed by atoms with Crippen LogP contribution in [0.4, 0.5) is 5.69 Å². The van der Waals surface area contributed by atoms with Crippen molar-refractivity contribution in [1.82, 2.24) is 0 Å². The lowest BCUT2D eigenvalue weighted by Crippen LogP contribution is -2.26. The molecule has 1 aromatic carbocycles. The van der Waals surface area contributed by atoms with Gasteiger partial charge in [-0.2, -0.15) is 0 Å². The number of rotatable bonds is 7. The monoisotopic (exact) mass is 405 g/mol. The summed E-state index contributed by atoms with van der Waals surface area (Å²) in [4.78, 5) is 4.11. The first kappa shape index (κ1) is 18.2. The van der Waals surface area contributed by atoms with Crippen molar-refractivity contribution in [2.24, 2.45) is 16.6 Å². The molecule has 0 aliphatic heterocycles. The van der Waals surface area contributed by atoms with Gasteiger partial charge < -0.3 is 20.9 Å². The van der Waals surface area contributed by atoms with Gasteiger partial charge in [0.25, 0.3) is 0 Å². The zero-order chi connectivity index (χ0) is 14.4. The summed E-state index contributed by atoms with van der Waals surface area (Å²) < 4.78 is 5.40. The van der Waals surface area contributed by atoms with E-state index in [1.807, 2.05) is 31.2 Å². The van der Waals surface area contributed by atoms with Gasteiger partial charge in [-0.3, -0.25) is 4.99 Å². The van der Waals surface area contributed by atoms with Gasteiger partial charge in [0.05, 0.1) is 19.3 Å². The van der Waals surface area contributed by atoms with Crippen LogP contribution in [0.25, 0.3) is 0 Å². The minimum absolute atomic E-state index is 0. The van der Waals surface area contributed by atoms with E-state index in [-0.39, 0.29) is 30.5 Å². The van der Waals surface area contributed by atoms with Crippen molar-refractivity contribution in [1.29, 1.82) is 0 Å². The number of nitrogens with zero attached hydrogens (tertiary/aromatic N) is 1. The highest BCUT2D eigenvalue weighted by atomic mass is 127. The van der Waals surface area contributed by atoms with Gasteiger partial charge in [0.2, 0.25) is 0 Å². The van der Waals surface area contributed by atoms with Crippen molar-refractivity contribution in [3.63, 3.8) is 0 Å². The van der Waals surface area contributed by atoms with Crippen LogP contribution in [0.1, 0.15) is 18.4 Å². The number of guanidine groups is 1. The number of nitrogens with one attached hydrogen (secondary N) is 1. The molecule has 1 aliphatic carbocycles. The standard InChI is InChI=1S/C15H23N3O2.HI/c1-11-2-6-13(7-3-11)18-15(16)17-8-14(19)10-20-9-12-4-5-12;/h2-3,6-7,12,14,19H,4-5,8-10H2,1H3,(H3,16,17,18);1H. The van der Waals surface area contributed by atoms with Gasteiger partial charge in [0.15, 0.2) is 5.96 Å². The highest BCUT2D eigenvalue weighted by Gasteiger charge is 2.21. The third kappa shape index (κ3) is 7.63. The fourth-order valence-electron chi connectivity index (χ4n) is 1.74. The molecule has 6 heteroatoms. The SMILES string of the molecule is Cc1ccc(NC(N)=NCC(O)COCC2CC2)cc1.I. The minimum atomic E-state index is -0.605. The number of aliphatic hydroxyl groups is 1. The van der Waals surface area contributed by atoms with Gasteiger partial charge in [-0.25, -0.2) is 0 Å². The van der Waals surface area contributed by atoms with Crippen LogP contribution in [0.3, 0.4) is 0 Å². The van der Waals surface area contributed by atoms with Crippen LogP contribution >= 0.6 is 24.0 Å². The van der Waals surface area contributed by atoms with E-state index in [2.05, 4.69) is 10.3 Å². The summed E-state index contributed by atoms with van der Waals surface area (Å²) in [5.41, 5.74) is 7.84. The first-order chi connectivity index (χ1) is 9.63. The molecule has 0 radical (unpaired) electrons. The maximum Gasteiger partial charge on any atom is 0.193 e. The highest BCUT2D eigenvalue weighted by Crippen LogP contribution is 2.28. The molecule has 5 nitrogen and oxygen atoms in total. The fraction of sp³-hybridized carbons (Fsp3) is 0.533. The number of benzene rings is 1. The fourth-order valence-corrected chi connectivity index (χ4v) is 1.74. The van der Waals surface area contributed by atoms with Gasteiger partial charge >= 0.3 is 0 Å². The quantitative estimate of drug-likeness (QED) is 0.369. The minimum Gasteiger partial charge on any atom is -0.389 e. The normalized spacial score (nSPS) is 16.2. The number of halogens is 1. The van der Waals surface area contributed by atoms with E-state index in [4.69, 9.17) is 10.5 Å². The lowest BCUT2D eigenvalue weighted by molar-refractivity contribution is 0.0369. The van der Waals surface area contributed by atoms with Crippen molar-refractivity contribution in [2.75, 3.05) is 25.1 Å². The summed E-state index contributed by atoms with van der Waals surface area (Å²) in [6.45, 7) is 3.34. The summed E-state index contributed by atoms with van der Waals surface area (Å²) in [7, 11) is 0. The van der Waals surface area contributed by atoms with E-state index < -0.39 is 6.10 Å². The number of nitrogens with two attached hydrogens (primary N) is 1. The number of aliphatic hydroxyl groups excluding tert-OH is 1. The molecule has 1 unspecified atom stereocenters. The average molecular weight is 405 g/mol. The second-order valence-electron chi connectivity index (χ2n) is 5.35. The predicted octanol–water partition coefficient (Wildman–Crippen LogP) is 2.13. The summed E-state index contributed by atoms with van der Waals surface area (Å²) in [5.74, 6) is 1.01. The Bertz CT molecular complexity index is 447. The molecule has 0 saturated heterocycles. The van der Waals surface area contributed by atoms with Gasteiger partial charge in [0, 0.05) is 12.3 Å². The largest absolute Gasteiger partial charge is 0.389 e. The Balaban J connectivity index is 0.00000220. The third-order valence-electron chi connectivity index (χ3n) is 3.16. The molecule has 118 valence electrons. The smallest absolute Gasteiger partial charge is 0.193 e. The first-order valence-electron chi connectivity index (χ1n) is 7.03. The summed E-state index contributed by atoms with van der Waals surface area (Å²) in [6.07, 6.45) is 1.90. The zero-order valence-corrected chi connectivity index (χ0v) is 14.6. The van der Waals surface area contributed by atoms with E-state index in [9.17, 15) is 5.11 Å². The van der Waals surface area contributed by atoms with Crippen LogP contribution < -0.4 is 11.1 Å². The van der Waals surface area contributed by atoms with Crippen molar-refractivity contribution < 1.29 is 9.84 Å². The van der Waals surface area contributed by atoms with Crippen LogP contribution in [0.15, 0.2) is 29.3 Å². The van der Waals surface area contributed by atoms with Crippen molar-refractivity contribution in [2.45, 2.75) is 25.9 Å². The molecule has 21 heavy (non-hydrogen) atoms. The number of ether oxygens (including phenoxy) is 1. The lowest BCUT2D eigenvalue weighted by Gasteiger charge is -2.10. The Morgan fingerprint density at radius 2 is 2.10 bits per heavy atom. The van der Waals surface area contributed by atoms with E-state index in [1.165, 1.54) is 18.4 Å². The van der Waals surface area contributed by atoms with E-state index in [0.29, 0.717) is 18.5 Å². The van der Waals surface area contributed by atoms with Crippen LogP contribution in [0.5, 0.6) is 0 Å². The second kappa shape index (κ2) is 9.22. The van der Waals surface area contributed by atoms with Gasteiger partial charge in [-0.05, 0) is 37.8 Å². The summed E-state index contributed by atoms with van der Waals surface area (Å²) in [5, 5.41) is 12.7. The molecule has 1 aliphatic rings. The van der Waals surface area contributed by atoms with Crippen molar-refractivity contribution in [3.8, 4) is 0 Å². The molecule has 1 saturated carbocycles. The molecule has 0 bridgehead atoms. The molecule has 0 aromatic heterocycles. The van der Waals surface area contributed by atoms with Gasteiger partial charge in [-0.1, -0.05) is 17.7 Å². The summed E-state index contributed by atoms with van der Waals surface area (Å²) >= 11 is 0. The first-order valence-corrected chi connectivity index (χ1v) is 7.03. The molecule has 0 heterocycles. The highest BCUT2D eigenvalue weighted by molar-refractivity contribution is 14.0. The maximum absolute atomic E-state index is 9.72. The molecule has 0 spiro atoms. The van der Waals surface area contributed by atoms with E-state index >= 15 is 0 Å². The molecular weight excluding hydrogens is 381 g/mol. The molecule has 1 aromatic rings. The number of aliphatic imine (C=N–C) groups is 1. The van der Waals surface area contributed by atoms with Crippen LogP contribution in [-0.4, -0.2) is 36.9 Å². The zero-order valence-electron chi connectivity index (χ0n) is 12.3. The Morgan fingerprint density at radius 3 is 2.71 bits per heavy atom. The predicted molar refractivity (Wildman–Crippen MR) is 96.3 cm³/mol. The lowest BCUT2D eigenvalue weighted by atomic mass is 10.2. The van der Waals surface area contributed by atoms with E-state index in [0.717, 1.165) is 12.3 Å². The molecule has 0 amide bonds. The van der Waals surface area contributed by atoms with Crippen LogP contribution in [0, 0.1) is 12.8 Å². The number of anilines is 1. The molecule has 2 rings (SSSR count). The average Bonchev–Trinajstić information content (AvgIpc) is 3.23. The van der Waals surface area contributed by atoms with Crippen molar-refractivity contribution >= 4 is 35.6 Å². The molecule has 1 atom stereocenters. The Kier molecular flexibility index (Phi) is 7.98. The van der Waals surface area contributed by atoms with Crippen LogP contribution in [-0.2, 0) is 4.74 Å². The Hall–Kier alpha value is -0.860. The molecular formula is C15H24IN3O2. The third-order valence-corrected chi connectivity index (χ3v) is 3.16. The van der Waals surface area contributed by atoms with Gasteiger partial charge in [-0.15, -0.1) is 24.0 Å². The number of aryl methyl sites for hydroxylation is 1. The number of hydrogen-bond acceptors (Lipinski definition) is 3. The maximum atomic E-state index is 9.72. The summed E-state index contributed by atoms with van der Waals surface area (Å²) in [6, 6.07) is 7.87. The topological polar surface area (TPSA) is 79.9 Å². The van der Waals surface area contributed by atoms with Crippen LogP contribution in [0.2, 0.25) is 0 Å².